The molecular weight excluding hydrogens is 398 g/mol. The number of amides is 1. The molecule has 0 aliphatic heterocycles. The van der Waals surface area contributed by atoms with E-state index < -0.39 is 30.4 Å². The van der Waals surface area contributed by atoms with Gasteiger partial charge in [-0.1, -0.05) is 18.2 Å². The van der Waals surface area contributed by atoms with Crippen LogP contribution < -0.4 is 5.32 Å². The second-order valence-electron chi connectivity index (χ2n) is 5.69. The average molecular weight is 419 g/mol. The fourth-order valence-corrected chi connectivity index (χ4v) is 3.50. The smallest absolute Gasteiger partial charge is 0.348 e. The Bertz CT molecular complexity index is 905. The average Bonchev–Trinajstić information content (AvgIpc) is 3.03. The summed E-state index contributed by atoms with van der Waals surface area (Å²) in [5.41, 5.74) is 0.732. The summed E-state index contributed by atoms with van der Waals surface area (Å²) in [6.07, 6.45) is 0. The zero-order chi connectivity index (χ0) is 21.4. The molecule has 0 unspecified atom stereocenters. The summed E-state index contributed by atoms with van der Waals surface area (Å²) >= 11 is 0.900. The number of anilines is 1. The van der Waals surface area contributed by atoms with Crippen molar-refractivity contribution in [2.24, 2.45) is 0 Å². The normalized spacial score (nSPS) is 10.2. The fourth-order valence-electron chi connectivity index (χ4n) is 2.39. The van der Waals surface area contributed by atoms with E-state index in [1.165, 1.54) is 0 Å². The number of thiophene rings is 1. The second kappa shape index (κ2) is 10.4. The highest BCUT2D eigenvalue weighted by Crippen LogP contribution is 2.34. The van der Waals surface area contributed by atoms with Gasteiger partial charge in [-0.25, -0.2) is 14.4 Å². The lowest BCUT2D eigenvalue weighted by Crippen LogP contribution is -2.21. The number of rotatable bonds is 8. The Kier molecular flexibility index (Phi) is 7.90. The Morgan fingerprint density at radius 1 is 0.897 bits per heavy atom. The van der Waals surface area contributed by atoms with Crippen LogP contribution in [-0.4, -0.2) is 43.6 Å². The van der Waals surface area contributed by atoms with Crippen LogP contribution in [0.3, 0.4) is 0 Å². The van der Waals surface area contributed by atoms with Crippen LogP contribution in [0, 0.1) is 6.92 Å². The quantitative estimate of drug-likeness (QED) is 0.517. The SMILES string of the molecule is CCOC(=O)c1sc(NC(=O)COC(=O)c2ccccc2)c(C(=O)OCC)c1C. The van der Waals surface area contributed by atoms with Crippen molar-refractivity contribution in [3.63, 3.8) is 0 Å². The minimum absolute atomic E-state index is 0.0719. The molecule has 0 spiro atoms. The molecule has 0 bridgehead atoms. The van der Waals surface area contributed by atoms with Gasteiger partial charge in [0, 0.05) is 0 Å². The number of ether oxygens (including phenoxy) is 3. The summed E-state index contributed by atoms with van der Waals surface area (Å²) in [6.45, 7) is 4.62. The van der Waals surface area contributed by atoms with Crippen LogP contribution in [0.5, 0.6) is 0 Å². The predicted molar refractivity (Wildman–Crippen MR) is 106 cm³/mol. The van der Waals surface area contributed by atoms with Crippen molar-refractivity contribution < 1.29 is 33.4 Å². The van der Waals surface area contributed by atoms with E-state index in [4.69, 9.17) is 14.2 Å². The topological polar surface area (TPSA) is 108 Å². The Labute approximate surface area is 171 Å². The van der Waals surface area contributed by atoms with Crippen molar-refractivity contribution in [3.05, 3.63) is 51.9 Å². The van der Waals surface area contributed by atoms with Crippen molar-refractivity contribution in [1.29, 1.82) is 0 Å². The second-order valence-corrected chi connectivity index (χ2v) is 6.71. The number of hydrogen-bond acceptors (Lipinski definition) is 8. The summed E-state index contributed by atoms with van der Waals surface area (Å²) in [5.74, 6) is -2.58. The molecule has 154 valence electrons. The standard InChI is InChI=1S/C20H21NO7S/c1-4-26-19(24)15-12(3)16(20(25)27-5-2)29-17(15)21-14(22)11-28-18(23)13-9-7-6-8-10-13/h6-10H,4-5,11H2,1-3H3,(H,21,22). The van der Waals surface area contributed by atoms with E-state index in [0.29, 0.717) is 11.1 Å². The van der Waals surface area contributed by atoms with Gasteiger partial charge in [0.2, 0.25) is 0 Å². The molecule has 0 radical (unpaired) electrons. The molecule has 1 heterocycles. The molecule has 0 saturated carbocycles. The predicted octanol–water partition coefficient (Wildman–Crippen LogP) is 3.21. The molecule has 1 amide bonds. The van der Waals surface area contributed by atoms with Crippen LogP contribution in [-0.2, 0) is 19.0 Å². The fraction of sp³-hybridized carbons (Fsp3) is 0.300. The Morgan fingerprint density at radius 2 is 1.52 bits per heavy atom. The van der Waals surface area contributed by atoms with Crippen LogP contribution in [0.15, 0.2) is 30.3 Å². The largest absolute Gasteiger partial charge is 0.462 e. The third kappa shape index (κ3) is 5.64. The maximum absolute atomic E-state index is 12.3. The molecule has 0 atom stereocenters. The van der Waals surface area contributed by atoms with Crippen LogP contribution in [0.1, 0.15) is 49.8 Å². The molecule has 0 aliphatic rings. The first-order valence-electron chi connectivity index (χ1n) is 8.88. The molecule has 8 nitrogen and oxygen atoms in total. The van der Waals surface area contributed by atoms with Crippen molar-refractivity contribution in [1.82, 2.24) is 0 Å². The van der Waals surface area contributed by atoms with Crippen LogP contribution >= 0.6 is 11.3 Å². The molecule has 1 N–H and O–H groups in total. The van der Waals surface area contributed by atoms with E-state index in [1.54, 1.807) is 51.1 Å². The van der Waals surface area contributed by atoms with Crippen molar-refractivity contribution >= 4 is 40.2 Å². The van der Waals surface area contributed by atoms with E-state index in [0.717, 1.165) is 11.3 Å². The molecule has 2 aromatic rings. The van der Waals surface area contributed by atoms with Gasteiger partial charge in [-0.3, -0.25) is 4.79 Å². The molecule has 29 heavy (non-hydrogen) atoms. The van der Waals surface area contributed by atoms with Gasteiger partial charge < -0.3 is 19.5 Å². The summed E-state index contributed by atoms with van der Waals surface area (Å²) < 4.78 is 15.0. The molecule has 1 aromatic heterocycles. The summed E-state index contributed by atoms with van der Waals surface area (Å²) in [6, 6.07) is 8.22. The molecule has 2 rings (SSSR count). The Morgan fingerprint density at radius 3 is 2.14 bits per heavy atom. The number of nitrogens with one attached hydrogen (secondary N) is 1. The lowest BCUT2D eigenvalue weighted by molar-refractivity contribution is -0.119. The highest BCUT2D eigenvalue weighted by atomic mass is 32.1. The number of hydrogen-bond donors (Lipinski definition) is 1. The van der Waals surface area contributed by atoms with Crippen LogP contribution in [0.4, 0.5) is 5.00 Å². The third-order valence-electron chi connectivity index (χ3n) is 3.68. The molecule has 0 fully saturated rings. The van der Waals surface area contributed by atoms with Crippen molar-refractivity contribution in [2.45, 2.75) is 20.8 Å². The van der Waals surface area contributed by atoms with E-state index >= 15 is 0 Å². The zero-order valence-corrected chi connectivity index (χ0v) is 17.1. The highest BCUT2D eigenvalue weighted by molar-refractivity contribution is 7.18. The minimum Gasteiger partial charge on any atom is -0.462 e. The van der Waals surface area contributed by atoms with Gasteiger partial charge in [0.25, 0.3) is 5.91 Å². The van der Waals surface area contributed by atoms with Gasteiger partial charge in [0.1, 0.15) is 9.88 Å². The van der Waals surface area contributed by atoms with Gasteiger partial charge in [-0.2, -0.15) is 0 Å². The van der Waals surface area contributed by atoms with Crippen molar-refractivity contribution in [2.75, 3.05) is 25.1 Å². The van der Waals surface area contributed by atoms with Crippen LogP contribution in [0.25, 0.3) is 0 Å². The lowest BCUT2D eigenvalue weighted by atomic mass is 10.1. The maximum atomic E-state index is 12.3. The molecule has 9 heteroatoms. The van der Waals surface area contributed by atoms with E-state index in [-0.39, 0.29) is 28.7 Å². The Balaban J connectivity index is 2.16. The summed E-state index contributed by atoms with van der Waals surface area (Å²) in [5, 5.41) is 2.64. The maximum Gasteiger partial charge on any atom is 0.348 e. The number of benzene rings is 1. The minimum atomic E-state index is -0.673. The number of esters is 3. The molecule has 0 saturated heterocycles. The lowest BCUT2D eigenvalue weighted by Gasteiger charge is -2.08. The first-order chi connectivity index (χ1) is 13.9. The molecule has 0 aliphatic carbocycles. The van der Waals surface area contributed by atoms with E-state index in [2.05, 4.69) is 5.32 Å². The Hall–Kier alpha value is -3.20. The summed E-state index contributed by atoms with van der Waals surface area (Å²) in [7, 11) is 0. The van der Waals surface area contributed by atoms with Crippen LogP contribution in [0.2, 0.25) is 0 Å². The van der Waals surface area contributed by atoms with Crippen molar-refractivity contribution in [3.8, 4) is 0 Å². The first-order valence-corrected chi connectivity index (χ1v) is 9.70. The summed E-state index contributed by atoms with van der Waals surface area (Å²) in [4.78, 5) is 48.8. The zero-order valence-electron chi connectivity index (χ0n) is 16.3. The highest BCUT2D eigenvalue weighted by Gasteiger charge is 2.27. The van der Waals surface area contributed by atoms with Gasteiger partial charge in [0.15, 0.2) is 6.61 Å². The van der Waals surface area contributed by atoms with Gasteiger partial charge in [-0.15, -0.1) is 11.3 Å². The number of carbonyl (C=O) groups excluding carboxylic acids is 4. The van der Waals surface area contributed by atoms with Gasteiger partial charge >= 0.3 is 17.9 Å². The molecule has 1 aromatic carbocycles. The van der Waals surface area contributed by atoms with E-state index in [1.807, 2.05) is 0 Å². The molecular formula is C20H21NO7S. The monoisotopic (exact) mass is 419 g/mol. The van der Waals surface area contributed by atoms with E-state index in [9.17, 15) is 19.2 Å². The van der Waals surface area contributed by atoms with Gasteiger partial charge in [0.05, 0.1) is 24.3 Å². The number of carbonyl (C=O) groups is 4. The first kappa shape index (κ1) is 22.1. The third-order valence-corrected chi connectivity index (χ3v) is 4.87. The van der Waals surface area contributed by atoms with Gasteiger partial charge in [-0.05, 0) is 38.5 Å².